The van der Waals surface area contributed by atoms with Crippen LogP contribution in [0.5, 0.6) is 0 Å². The highest BCUT2D eigenvalue weighted by Crippen LogP contribution is 2.23. The van der Waals surface area contributed by atoms with Gasteiger partial charge < -0.3 is 5.73 Å². The Balaban J connectivity index is 3.15. The van der Waals surface area contributed by atoms with Crippen LogP contribution >= 0.6 is 0 Å². The fraction of sp³-hybridized carbons (Fsp3) is 0.462. The van der Waals surface area contributed by atoms with Gasteiger partial charge in [-0.15, -0.1) is 0 Å². The minimum absolute atomic E-state index is 0.0732. The Morgan fingerprint density at radius 1 is 1.20 bits per heavy atom. The monoisotopic (exact) mass is 204 g/mol. The lowest BCUT2D eigenvalue weighted by Crippen LogP contribution is -2.28. The molecule has 0 fully saturated rings. The number of aryl methyl sites for hydroxylation is 1. The van der Waals surface area contributed by atoms with Crippen molar-refractivity contribution in [3.05, 3.63) is 29.3 Å². The van der Waals surface area contributed by atoms with Crippen molar-refractivity contribution in [3.63, 3.8) is 0 Å². The van der Waals surface area contributed by atoms with Gasteiger partial charge in [-0.1, -0.05) is 32.9 Å². The highest BCUT2D eigenvalue weighted by molar-refractivity contribution is 5.88. The van der Waals surface area contributed by atoms with Crippen molar-refractivity contribution in [1.29, 1.82) is 0 Å². The molecule has 0 amide bonds. The first-order chi connectivity index (χ1) is 6.82. The summed E-state index contributed by atoms with van der Waals surface area (Å²) >= 11 is 0. The molecule has 0 aromatic heterocycles. The molecule has 1 aromatic carbocycles. The first-order valence-corrected chi connectivity index (χ1v) is 5.23. The standard InChI is InChI=1S/C13H20N2/c1-9-7-6-8-11(10(9)2)15-12(14)13(3,4)5/h6-8H,1-5H3,(H2,14,15). The third kappa shape index (κ3) is 2.82. The molecule has 1 aromatic rings. The lowest BCUT2D eigenvalue weighted by atomic mass is 9.95. The molecule has 2 N–H and O–H groups in total. The summed E-state index contributed by atoms with van der Waals surface area (Å²) in [5.74, 6) is 0.677. The van der Waals surface area contributed by atoms with E-state index in [1.807, 2.05) is 12.1 Å². The molecule has 0 aliphatic rings. The molecule has 0 heterocycles. The summed E-state index contributed by atoms with van der Waals surface area (Å²) in [6.07, 6.45) is 0. The van der Waals surface area contributed by atoms with Gasteiger partial charge in [-0.3, -0.25) is 0 Å². The van der Waals surface area contributed by atoms with Crippen molar-refractivity contribution >= 4 is 11.5 Å². The van der Waals surface area contributed by atoms with E-state index in [-0.39, 0.29) is 5.41 Å². The second-order valence-corrected chi connectivity index (χ2v) is 4.97. The topological polar surface area (TPSA) is 38.4 Å². The number of nitrogens with zero attached hydrogens (tertiary/aromatic N) is 1. The molecule has 0 atom stereocenters. The summed E-state index contributed by atoms with van der Waals surface area (Å²) in [6, 6.07) is 6.10. The minimum Gasteiger partial charge on any atom is -0.387 e. The van der Waals surface area contributed by atoms with Gasteiger partial charge >= 0.3 is 0 Å². The zero-order valence-corrected chi connectivity index (χ0v) is 10.3. The lowest BCUT2D eigenvalue weighted by Gasteiger charge is -2.17. The number of hydrogen-bond donors (Lipinski definition) is 1. The zero-order valence-electron chi connectivity index (χ0n) is 10.3. The third-order valence-electron chi connectivity index (χ3n) is 2.59. The maximum absolute atomic E-state index is 5.95. The molecule has 0 aliphatic heterocycles. The van der Waals surface area contributed by atoms with Gasteiger partial charge in [-0.2, -0.15) is 0 Å². The summed E-state index contributed by atoms with van der Waals surface area (Å²) in [6.45, 7) is 10.4. The van der Waals surface area contributed by atoms with Crippen LogP contribution in [0.3, 0.4) is 0 Å². The molecule has 15 heavy (non-hydrogen) atoms. The van der Waals surface area contributed by atoms with Crippen molar-refractivity contribution in [2.24, 2.45) is 16.1 Å². The van der Waals surface area contributed by atoms with Crippen molar-refractivity contribution in [2.45, 2.75) is 34.6 Å². The van der Waals surface area contributed by atoms with Crippen LogP contribution in [0.15, 0.2) is 23.2 Å². The second kappa shape index (κ2) is 4.05. The zero-order chi connectivity index (χ0) is 11.6. The lowest BCUT2D eigenvalue weighted by molar-refractivity contribution is 0.585. The van der Waals surface area contributed by atoms with Crippen molar-refractivity contribution in [1.82, 2.24) is 0 Å². The van der Waals surface area contributed by atoms with Crippen LogP contribution in [0.1, 0.15) is 31.9 Å². The summed E-state index contributed by atoms with van der Waals surface area (Å²) in [7, 11) is 0. The summed E-state index contributed by atoms with van der Waals surface area (Å²) in [4.78, 5) is 4.49. The molecule has 0 bridgehead atoms. The number of aliphatic imine (C=N–C) groups is 1. The van der Waals surface area contributed by atoms with E-state index in [0.29, 0.717) is 5.84 Å². The summed E-state index contributed by atoms with van der Waals surface area (Å²) in [5, 5.41) is 0. The van der Waals surface area contributed by atoms with Gasteiger partial charge in [0, 0.05) is 5.41 Å². The van der Waals surface area contributed by atoms with Gasteiger partial charge in [0.15, 0.2) is 0 Å². The fourth-order valence-electron chi connectivity index (χ4n) is 1.15. The van der Waals surface area contributed by atoms with E-state index in [2.05, 4.69) is 45.7 Å². The van der Waals surface area contributed by atoms with Gasteiger partial charge in [0.05, 0.1) is 5.69 Å². The van der Waals surface area contributed by atoms with Crippen molar-refractivity contribution in [2.75, 3.05) is 0 Å². The molecule has 0 saturated heterocycles. The van der Waals surface area contributed by atoms with Crippen molar-refractivity contribution < 1.29 is 0 Å². The SMILES string of the molecule is Cc1cccc(N=C(N)C(C)(C)C)c1C. The van der Waals surface area contributed by atoms with Crippen LogP contribution in [0.4, 0.5) is 5.69 Å². The normalized spacial score (nSPS) is 13.0. The van der Waals surface area contributed by atoms with Crippen LogP contribution in [0, 0.1) is 19.3 Å². The Morgan fingerprint density at radius 2 is 1.80 bits per heavy atom. The van der Waals surface area contributed by atoms with E-state index in [0.717, 1.165) is 5.69 Å². The average molecular weight is 204 g/mol. The number of hydrogen-bond acceptors (Lipinski definition) is 1. The van der Waals surface area contributed by atoms with Crippen LogP contribution in [0.25, 0.3) is 0 Å². The Kier molecular flexibility index (Phi) is 3.18. The van der Waals surface area contributed by atoms with E-state index in [1.165, 1.54) is 11.1 Å². The van der Waals surface area contributed by atoms with E-state index in [4.69, 9.17) is 5.73 Å². The van der Waals surface area contributed by atoms with Crippen molar-refractivity contribution in [3.8, 4) is 0 Å². The Morgan fingerprint density at radius 3 is 2.33 bits per heavy atom. The molecule has 0 aliphatic carbocycles. The largest absolute Gasteiger partial charge is 0.387 e. The van der Waals surface area contributed by atoms with E-state index in [9.17, 15) is 0 Å². The van der Waals surface area contributed by atoms with Gasteiger partial charge in [-0.25, -0.2) is 4.99 Å². The number of benzene rings is 1. The molecule has 1 rings (SSSR count). The number of amidine groups is 1. The summed E-state index contributed by atoms with van der Waals surface area (Å²) < 4.78 is 0. The number of rotatable bonds is 1. The first kappa shape index (κ1) is 11.8. The Bertz CT molecular complexity index is 384. The van der Waals surface area contributed by atoms with Crippen LogP contribution in [-0.2, 0) is 0 Å². The third-order valence-corrected chi connectivity index (χ3v) is 2.59. The second-order valence-electron chi connectivity index (χ2n) is 4.97. The van der Waals surface area contributed by atoms with Gasteiger partial charge in [0.25, 0.3) is 0 Å². The highest BCUT2D eigenvalue weighted by atomic mass is 14.9. The Hall–Kier alpha value is -1.31. The van der Waals surface area contributed by atoms with Crippen LogP contribution in [0.2, 0.25) is 0 Å². The molecule has 0 unspecified atom stereocenters. The molecular weight excluding hydrogens is 184 g/mol. The molecule has 0 radical (unpaired) electrons. The van der Waals surface area contributed by atoms with Gasteiger partial charge in [0.2, 0.25) is 0 Å². The van der Waals surface area contributed by atoms with Crippen LogP contribution < -0.4 is 5.73 Å². The van der Waals surface area contributed by atoms with E-state index in [1.54, 1.807) is 0 Å². The maximum Gasteiger partial charge on any atom is 0.105 e. The quantitative estimate of drug-likeness (QED) is 0.553. The molecule has 2 heteroatoms. The maximum atomic E-state index is 5.95. The van der Waals surface area contributed by atoms with E-state index >= 15 is 0 Å². The number of nitrogens with two attached hydrogens (primary N) is 1. The molecule has 2 nitrogen and oxygen atoms in total. The predicted molar refractivity (Wildman–Crippen MR) is 66.7 cm³/mol. The van der Waals surface area contributed by atoms with E-state index < -0.39 is 0 Å². The summed E-state index contributed by atoms with van der Waals surface area (Å²) in [5.41, 5.74) is 9.30. The molecule has 82 valence electrons. The fourth-order valence-corrected chi connectivity index (χ4v) is 1.15. The average Bonchev–Trinajstić information content (AvgIpc) is 2.11. The first-order valence-electron chi connectivity index (χ1n) is 5.23. The van der Waals surface area contributed by atoms with Crippen LogP contribution in [-0.4, -0.2) is 5.84 Å². The smallest absolute Gasteiger partial charge is 0.105 e. The van der Waals surface area contributed by atoms with Gasteiger partial charge in [-0.05, 0) is 31.0 Å². The highest BCUT2D eigenvalue weighted by Gasteiger charge is 2.15. The predicted octanol–water partition coefficient (Wildman–Crippen LogP) is 3.34. The molecule has 0 spiro atoms. The molecular formula is C13H20N2. The van der Waals surface area contributed by atoms with Gasteiger partial charge in [0.1, 0.15) is 5.84 Å². The Labute approximate surface area is 92.2 Å². The molecule has 0 saturated carbocycles. The minimum atomic E-state index is -0.0732.